The summed E-state index contributed by atoms with van der Waals surface area (Å²) in [7, 11) is 0. The number of ether oxygens (including phenoxy) is 1. The van der Waals surface area contributed by atoms with Gasteiger partial charge in [-0.15, -0.1) is 11.3 Å². The number of aromatic nitrogens is 1. The van der Waals surface area contributed by atoms with E-state index in [9.17, 15) is 0 Å². The smallest absolute Gasteiger partial charge is 0.131 e. The lowest BCUT2D eigenvalue weighted by Gasteiger charge is -2.06. The molecule has 0 spiro atoms. The Kier molecular flexibility index (Phi) is 5.56. The molecule has 1 aromatic carbocycles. The van der Waals surface area contributed by atoms with Crippen LogP contribution in [0.5, 0.6) is 5.75 Å². The Balaban J connectivity index is 1.87. The zero-order valence-electron chi connectivity index (χ0n) is 12.3. The average Bonchev–Trinajstić information content (AvgIpc) is 2.91. The van der Waals surface area contributed by atoms with Crippen LogP contribution in [0.4, 0.5) is 0 Å². The number of hydrogen-bond acceptors (Lipinski definition) is 4. The first-order valence-electron chi connectivity index (χ1n) is 7.05. The molecule has 0 aliphatic carbocycles. The Morgan fingerprint density at radius 1 is 1.35 bits per heavy atom. The van der Waals surface area contributed by atoms with E-state index >= 15 is 0 Å². The molecule has 1 N–H and O–H groups in total. The van der Waals surface area contributed by atoms with Gasteiger partial charge in [0.05, 0.1) is 5.69 Å². The lowest BCUT2D eigenvalue weighted by atomic mass is 10.2. The molecule has 3 nitrogen and oxygen atoms in total. The van der Waals surface area contributed by atoms with E-state index < -0.39 is 0 Å². The second kappa shape index (κ2) is 7.41. The van der Waals surface area contributed by atoms with E-state index in [-0.39, 0.29) is 0 Å². The summed E-state index contributed by atoms with van der Waals surface area (Å²) in [4.78, 5) is 4.57. The summed E-state index contributed by atoms with van der Waals surface area (Å²) in [6.07, 6.45) is 1.03. The van der Waals surface area contributed by atoms with Crippen molar-refractivity contribution in [1.82, 2.24) is 10.3 Å². The topological polar surface area (TPSA) is 34.1 Å². The average molecular weight is 290 g/mol. The van der Waals surface area contributed by atoms with Crippen molar-refractivity contribution in [3.05, 3.63) is 45.9 Å². The fourth-order valence-corrected chi connectivity index (χ4v) is 2.53. The molecule has 0 saturated heterocycles. The monoisotopic (exact) mass is 290 g/mol. The van der Waals surface area contributed by atoms with Gasteiger partial charge in [-0.05, 0) is 24.1 Å². The Morgan fingerprint density at radius 3 is 2.95 bits per heavy atom. The predicted octanol–water partition coefficient (Wildman–Crippen LogP) is 3.78. The van der Waals surface area contributed by atoms with Crippen LogP contribution in [0.25, 0.3) is 0 Å². The molecule has 0 saturated carbocycles. The summed E-state index contributed by atoms with van der Waals surface area (Å²) >= 11 is 1.68. The molecule has 0 fully saturated rings. The van der Waals surface area contributed by atoms with Gasteiger partial charge in [0, 0.05) is 18.0 Å². The minimum absolute atomic E-state index is 0.482. The van der Waals surface area contributed by atoms with Gasteiger partial charge in [0.2, 0.25) is 0 Å². The quantitative estimate of drug-likeness (QED) is 0.842. The highest BCUT2D eigenvalue weighted by molar-refractivity contribution is 7.09. The van der Waals surface area contributed by atoms with Crippen LogP contribution in [0.2, 0.25) is 0 Å². The molecular weight excluding hydrogens is 268 g/mol. The van der Waals surface area contributed by atoms with Gasteiger partial charge in [-0.25, -0.2) is 4.98 Å². The van der Waals surface area contributed by atoms with Crippen molar-refractivity contribution in [3.8, 4) is 5.75 Å². The van der Waals surface area contributed by atoms with Crippen LogP contribution >= 0.6 is 11.3 Å². The Bertz CT molecular complexity index is 537. The number of rotatable bonds is 7. The van der Waals surface area contributed by atoms with Crippen molar-refractivity contribution < 1.29 is 4.74 Å². The van der Waals surface area contributed by atoms with Crippen molar-refractivity contribution >= 4 is 11.3 Å². The van der Waals surface area contributed by atoms with Crippen LogP contribution in [0.1, 0.15) is 37.0 Å². The van der Waals surface area contributed by atoms with E-state index in [1.54, 1.807) is 11.3 Å². The first kappa shape index (κ1) is 15.0. The zero-order chi connectivity index (χ0) is 14.4. The molecule has 0 unspecified atom stereocenters. The lowest BCUT2D eigenvalue weighted by molar-refractivity contribution is 0.301. The lowest BCUT2D eigenvalue weighted by Crippen LogP contribution is -2.21. The van der Waals surface area contributed by atoms with E-state index in [2.05, 4.69) is 48.6 Å². The number of nitrogens with zero attached hydrogens (tertiary/aromatic N) is 1. The minimum Gasteiger partial charge on any atom is -0.487 e. The Morgan fingerprint density at radius 2 is 2.20 bits per heavy atom. The summed E-state index contributed by atoms with van der Waals surface area (Å²) in [5, 5.41) is 6.55. The maximum absolute atomic E-state index is 5.80. The largest absolute Gasteiger partial charge is 0.487 e. The fourth-order valence-electron chi connectivity index (χ4n) is 1.80. The molecule has 0 aliphatic heterocycles. The molecule has 1 aromatic heterocycles. The SMILES string of the molecule is CCc1cccc(OCc2csc(CNC(C)C)n2)c1. The molecule has 1 heterocycles. The molecule has 0 radical (unpaired) electrons. The van der Waals surface area contributed by atoms with E-state index in [1.165, 1.54) is 5.56 Å². The molecule has 0 bridgehead atoms. The molecule has 0 amide bonds. The van der Waals surface area contributed by atoms with Gasteiger partial charge in [0.15, 0.2) is 0 Å². The molecule has 2 rings (SSSR count). The number of benzene rings is 1. The normalized spacial score (nSPS) is 11.0. The maximum atomic E-state index is 5.80. The van der Waals surface area contributed by atoms with Gasteiger partial charge >= 0.3 is 0 Å². The molecule has 20 heavy (non-hydrogen) atoms. The fraction of sp³-hybridized carbons (Fsp3) is 0.438. The van der Waals surface area contributed by atoms with Crippen LogP contribution in [-0.4, -0.2) is 11.0 Å². The van der Waals surface area contributed by atoms with E-state index in [0.29, 0.717) is 12.6 Å². The van der Waals surface area contributed by atoms with Crippen LogP contribution in [0, 0.1) is 0 Å². The molecule has 4 heteroatoms. The van der Waals surface area contributed by atoms with E-state index in [1.807, 2.05) is 12.1 Å². The third-order valence-corrected chi connectivity index (χ3v) is 3.85. The van der Waals surface area contributed by atoms with Crippen LogP contribution in [0.15, 0.2) is 29.6 Å². The third kappa shape index (κ3) is 4.62. The summed E-state index contributed by atoms with van der Waals surface area (Å²) in [6, 6.07) is 8.72. The highest BCUT2D eigenvalue weighted by Crippen LogP contribution is 2.16. The Hall–Kier alpha value is -1.39. The predicted molar refractivity (Wildman–Crippen MR) is 84.2 cm³/mol. The number of aryl methyl sites for hydroxylation is 1. The van der Waals surface area contributed by atoms with Crippen molar-refractivity contribution in [2.24, 2.45) is 0 Å². The number of nitrogens with one attached hydrogen (secondary N) is 1. The number of thiazole rings is 1. The van der Waals surface area contributed by atoms with E-state index in [0.717, 1.165) is 29.4 Å². The van der Waals surface area contributed by atoms with Crippen molar-refractivity contribution in [3.63, 3.8) is 0 Å². The van der Waals surface area contributed by atoms with Gasteiger partial charge in [0.25, 0.3) is 0 Å². The standard InChI is InChI=1S/C16H22N2OS/c1-4-13-6-5-7-15(8-13)19-10-14-11-20-16(18-14)9-17-12(2)3/h5-8,11-12,17H,4,9-10H2,1-3H3. The van der Waals surface area contributed by atoms with Crippen molar-refractivity contribution in [2.75, 3.05) is 0 Å². The molecule has 2 aromatic rings. The van der Waals surface area contributed by atoms with Gasteiger partial charge in [0.1, 0.15) is 17.4 Å². The molecule has 0 aliphatic rings. The van der Waals surface area contributed by atoms with Crippen LogP contribution in [-0.2, 0) is 19.6 Å². The van der Waals surface area contributed by atoms with Gasteiger partial charge in [-0.1, -0.05) is 32.9 Å². The van der Waals surface area contributed by atoms with Gasteiger partial charge in [-0.3, -0.25) is 0 Å². The summed E-state index contributed by atoms with van der Waals surface area (Å²) in [5.41, 5.74) is 2.29. The maximum Gasteiger partial charge on any atom is 0.131 e. The summed E-state index contributed by atoms with van der Waals surface area (Å²) < 4.78 is 5.80. The molecule has 108 valence electrons. The second-order valence-electron chi connectivity index (χ2n) is 5.06. The van der Waals surface area contributed by atoms with Crippen molar-refractivity contribution in [2.45, 2.75) is 46.4 Å². The Labute approximate surface area is 125 Å². The minimum atomic E-state index is 0.482. The van der Waals surface area contributed by atoms with Crippen molar-refractivity contribution in [1.29, 1.82) is 0 Å². The molecular formula is C16H22N2OS. The summed E-state index contributed by atoms with van der Waals surface area (Å²) in [6.45, 7) is 7.78. The van der Waals surface area contributed by atoms with E-state index in [4.69, 9.17) is 4.74 Å². The second-order valence-corrected chi connectivity index (χ2v) is 6.00. The highest BCUT2D eigenvalue weighted by atomic mass is 32.1. The first-order valence-corrected chi connectivity index (χ1v) is 7.93. The molecule has 0 atom stereocenters. The number of hydrogen-bond donors (Lipinski definition) is 1. The summed E-state index contributed by atoms with van der Waals surface area (Å²) in [5.74, 6) is 0.916. The van der Waals surface area contributed by atoms with Crippen LogP contribution in [0.3, 0.4) is 0 Å². The first-order chi connectivity index (χ1) is 9.67. The van der Waals surface area contributed by atoms with Gasteiger partial charge in [-0.2, -0.15) is 0 Å². The van der Waals surface area contributed by atoms with Crippen LogP contribution < -0.4 is 10.1 Å². The van der Waals surface area contributed by atoms with Gasteiger partial charge < -0.3 is 10.1 Å². The third-order valence-electron chi connectivity index (χ3n) is 2.95. The highest BCUT2D eigenvalue weighted by Gasteiger charge is 2.04. The zero-order valence-corrected chi connectivity index (χ0v) is 13.2.